The van der Waals surface area contributed by atoms with E-state index in [0.29, 0.717) is 41.4 Å². The van der Waals surface area contributed by atoms with Gasteiger partial charge >= 0.3 is 0 Å². The van der Waals surface area contributed by atoms with Crippen LogP contribution in [0.5, 0.6) is 5.75 Å². The molecule has 1 saturated heterocycles. The lowest BCUT2D eigenvalue weighted by Gasteiger charge is -2.37. The van der Waals surface area contributed by atoms with Crippen molar-refractivity contribution in [1.29, 1.82) is 0 Å². The third-order valence-corrected chi connectivity index (χ3v) is 6.82. The molecule has 0 N–H and O–H groups in total. The molecule has 5 rings (SSSR count). The fourth-order valence-corrected chi connectivity index (χ4v) is 4.66. The number of sulfonamides is 1. The van der Waals surface area contributed by atoms with E-state index >= 15 is 0 Å². The highest BCUT2D eigenvalue weighted by Gasteiger charge is 2.38. The SMILES string of the molecule is O=S(=O)(c1ccccc1)N1CC(Oc2ccc(-c3noc(C4CC4)n3)cc2)C1. The maximum absolute atomic E-state index is 12.5. The summed E-state index contributed by atoms with van der Waals surface area (Å²) in [6.45, 7) is 0.684. The van der Waals surface area contributed by atoms with Gasteiger partial charge in [-0.2, -0.15) is 9.29 Å². The van der Waals surface area contributed by atoms with Crippen molar-refractivity contribution in [3.8, 4) is 17.1 Å². The highest BCUT2D eigenvalue weighted by molar-refractivity contribution is 7.89. The number of hydrogen-bond acceptors (Lipinski definition) is 6. The Labute approximate surface area is 163 Å². The number of benzene rings is 2. The largest absolute Gasteiger partial charge is 0.488 e. The first-order valence-electron chi connectivity index (χ1n) is 9.25. The molecule has 1 aliphatic carbocycles. The summed E-state index contributed by atoms with van der Waals surface area (Å²) in [4.78, 5) is 4.74. The highest BCUT2D eigenvalue weighted by atomic mass is 32.2. The predicted molar refractivity (Wildman–Crippen MR) is 101 cm³/mol. The molecular formula is C20H19N3O4S. The highest BCUT2D eigenvalue weighted by Crippen LogP contribution is 2.39. The fourth-order valence-electron chi connectivity index (χ4n) is 3.14. The zero-order chi connectivity index (χ0) is 19.1. The van der Waals surface area contributed by atoms with Gasteiger partial charge in [0.05, 0.1) is 18.0 Å². The molecule has 28 heavy (non-hydrogen) atoms. The first-order chi connectivity index (χ1) is 13.6. The Morgan fingerprint density at radius 3 is 2.39 bits per heavy atom. The van der Waals surface area contributed by atoms with Crippen molar-refractivity contribution in [2.45, 2.75) is 29.8 Å². The molecule has 2 fully saturated rings. The predicted octanol–water partition coefficient (Wildman–Crippen LogP) is 3.07. The molecule has 7 nitrogen and oxygen atoms in total. The van der Waals surface area contributed by atoms with E-state index in [4.69, 9.17) is 9.26 Å². The Morgan fingerprint density at radius 1 is 1.00 bits per heavy atom. The molecule has 8 heteroatoms. The molecule has 144 valence electrons. The molecule has 0 atom stereocenters. The van der Waals surface area contributed by atoms with Gasteiger partial charge < -0.3 is 9.26 Å². The normalized spacial score (nSPS) is 18.0. The van der Waals surface area contributed by atoms with Crippen LogP contribution in [0.3, 0.4) is 0 Å². The van der Waals surface area contributed by atoms with Crippen LogP contribution in [0, 0.1) is 0 Å². The summed E-state index contributed by atoms with van der Waals surface area (Å²) >= 11 is 0. The molecule has 2 aromatic carbocycles. The zero-order valence-corrected chi connectivity index (χ0v) is 15.9. The van der Waals surface area contributed by atoms with Gasteiger partial charge in [0.2, 0.25) is 21.7 Å². The third-order valence-electron chi connectivity index (χ3n) is 4.98. The quantitative estimate of drug-likeness (QED) is 0.635. The van der Waals surface area contributed by atoms with Gasteiger partial charge in [-0.3, -0.25) is 0 Å². The van der Waals surface area contributed by atoms with E-state index in [1.165, 1.54) is 4.31 Å². The standard InChI is InChI=1S/C20H19N3O4S/c24-28(25,18-4-2-1-3-5-18)23-12-17(13-23)26-16-10-8-14(9-11-16)19-21-20(27-22-19)15-6-7-15/h1-5,8-11,15,17H,6-7,12-13H2. The van der Waals surface area contributed by atoms with Crippen LogP contribution in [-0.4, -0.2) is 42.1 Å². The van der Waals surface area contributed by atoms with Crippen molar-refractivity contribution in [2.75, 3.05) is 13.1 Å². The minimum absolute atomic E-state index is 0.156. The van der Waals surface area contributed by atoms with Crippen LogP contribution in [0.4, 0.5) is 0 Å². The maximum atomic E-state index is 12.5. The fraction of sp³-hybridized carbons (Fsp3) is 0.300. The van der Waals surface area contributed by atoms with E-state index in [-0.39, 0.29) is 6.10 Å². The summed E-state index contributed by atoms with van der Waals surface area (Å²) in [5, 5.41) is 4.03. The monoisotopic (exact) mass is 397 g/mol. The Bertz CT molecular complexity index is 1070. The lowest BCUT2D eigenvalue weighted by molar-refractivity contribution is 0.0762. The molecule has 2 aliphatic rings. The van der Waals surface area contributed by atoms with E-state index in [0.717, 1.165) is 18.4 Å². The van der Waals surface area contributed by atoms with Gasteiger partial charge in [-0.1, -0.05) is 23.4 Å². The van der Waals surface area contributed by atoms with Gasteiger partial charge in [-0.25, -0.2) is 8.42 Å². The number of aromatic nitrogens is 2. The summed E-state index contributed by atoms with van der Waals surface area (Å²) in [6, 6.07) is 15.9. The Balaban J connectivity index is 1.20. The van der Waals surface area contributed by atoms with E-state index in [1.54, 1.807) is 30.3 Å². The van der Waals surface area contributed by atoms with E-state index in [2.05, 4.69) is 10.1 Å². The van der Waals surface area contributed by atoms with Crippen molar-refractivity contribution in [1.82, 2.24) is 14.4 Å². The minimum Gasteiger partial charge on any atom is -0.488 e. The first kappa shape index (κ1) is 17.4. The second-order valence-corrected chi connectivity index (χ2v) is 9.07. The van der Waals surface area contributed by atoms with Gasteiger partial charge in [0.25, 0.3) is 0 Å². The maximum Gasteiger partial charge on any atom is 0.243 e. The van der Waals surface area contributed by atoms with Crippen LogP contribution in [0.25, 0.3) is 11.4 Å². The first-order valence-corrected chi connectivity index (χ1v) is 10.7. The summed E-state index contributed by atoms with van der Waals surface area (Å²) in [6.07, 6.45) is 2.08. The second-order valence-electron chi connectivity index (χ2n) is 7.13. The molecule has 0 radical (unpaired) electrons. The Kier molecular flexibility index (Phi) is 4.17. The van der Waals surface area contributed by atoms with Gasteiger partial charge in [0.15, 0.2) is 0 Å². The molecule has 0 unspecified atom stereocenters. The van der Waals surface area contributed by atoms with Crippen LogP contribution in [0.2, 0.25) is 0 Å². The van der Waals surface area contributed by atoms with Crippen molar-refractivity contribution >= 4 is 10.0 Å². The van der Waals surface area contributed by atoms with Gasteiger partial charge in [-0.05, 0) is 49.2 Å². The van der Waals surface area contributed by atoms with Crippen LogP contribution in [-0.2, 0) is 10.0 Å². The lowest BCUT2D eigenvalue weighted by Crippen LogP contribution is -2.55. The molecule has 0 amide bonds. The second kappa shape index (κ2) is 6.72. The molecule has 1 aromatic heterocycles. The van der Waals surface area contributed by atoms with Crippen LogP contribution in [0.15, 0.2) is 64.0 Å². The van der Waals surface area contributed by atoms with Crippen molar-refractivity contribution < 1.29 is 17.7 Å². The Hall–Kier alpha value is -2.71. The van der Waals surface area contributed by atoms with Crippen molar-refractivity contribution in [3.63, 3.8) is 0 Å². The molecule has 0 spiro atoms. The van der Waals surface area contributed by atoms with Gasteiger partial charge in [-0.15, -0.1) is 0 Å². The summed E-state index contributed by atoms with van der Waals surface area (Å²) in [5.74, 6) is 2.41. The minimum atomic E-state index is -3.44. The zero-order valence-electron chi connectivity index (χ0n) is 15.1. The molecule has 3 aromatic rings. The number of nitrogens with zero attached hydrogens (tertiary/aromatic N) is 3. The molecule has 1 saturated carbocycles. The van der Waals surface area contributed by atoms with E-state index < -0.39 is 10.0 Å². The smallest absolute Gasteiger partial charge is 0.243 e. The lowest BCUT2D eigenvalue weighted by atomic mass is 10.2. The van der Waals surface area contributed by atoms with E-state index in [1.807, 2.05) is 24.3 Å². The molecule has 2 heterocycles. The molecular weight excluding hydrogens is 378 g/mol. The molecule has 1 aliphatic heterocycles. The van der Waals surface area contributed by atoms with Crippen LogP contribution < -0.4 is 4.74 Å². The summed E-state index contributed by atoms with van der Waals surface area (Å²) in [5.41, 5.74) is 0.866. The van der Waals surface area contributed by atoms with Gasteiger partial charge in [0, 0.05) is 11.5 Å². The average Bonchev–Trinajstić information content (AvgIpc) is 3.42. The van der Waals surface area contributed by atoms with Crippen LogP contribution in [0.1, 0.15) is 24.7 Å². The van der Waals surface area contributed by atoms with Crippen LogP contribution >= 0.6 is 0 Å². The topological polar surface area (TPSA) is 85.5 Å². The van der Waals surface area contributed by atoms with E-state index in [9.17, 15) is 8.42 Å². The molecule has 0 bridgehead atoms. The van der Waals surface area contributed by atoms with Crippen molar-refractivity contribution in [3.05, 3.63) is 60.5 Å². The summed E-state index contributed by atoms with van der Waals surface area (Å²) in [7, 11) is -3.44. The Morgan fingerprint density at radius 2 is 1.71 bits per heavy atom. The number of hydrogen-bond donors (Lipinski definition) is 0. The average molecular weight is 397 g/mol. The van der Waals surface area contributed by atoms with Crippen molar-refractivity contribution in [2.24, 2.45) is 0 Å². The van der Waals surface area contributed by atoms with Gasteiger partial charge in [0.1, 0.15) is 11.9 Å². The number of rotatable bonds is 6. The third kappa shape index (κ3) is 3.29. The number of ether oxygens (including phenoxy) is 1. The summed E-state index contributed by atoms with van der Waals surface area (Å²) < 4.78 is 37.6.